The SMILES string of the molecule is Nc1nc2n(n1)[C@H](c1cccc(Cl)c1)C[C@H](c1ccc(Cl)cc1)N2. The third-order valence-electron chi connectivity index (χ3n) is 4.21. The highest BCUT2D eigenvalue weighted by Crippen LogP contribution is 2.38. The maximum atomic E-state index is 6.17. The zero-order chi connectivity index (χ0) is 16.7. The number of nitrogen functional groups attached to an aromatic ring is 1. The topological polar surface area (TPSA) is 68.8 Å². The van der Waals surface area contributed by atoms with Gasteiger partial charge in [0.25, 0.3) is 0 Å². The summed E-state index contributed by atoms with van der Waals surface area (Å²) in [6.45, 7) is 0. The van der Waals surface area contributed by atoms with Gasteiger partial charge in [-0.05, 0) is 41.8 Å². The molecule has 2 atom stereocenters. The lowest BCUT2D eigenvalue weighted by Crippen LogP contribution is -2.28. The summed E-state index contributed by atoms with van der Waals surface area (Å²) in [5.41, 5.74) is 8.02. The average molecular weight is 360 g/mol. The second-order valence-electron chi connectivity index (χ2n) is 5.79. The van der Waals surface area contributed by atoms with Crippen molar-refractivity contribution >= 4 is 35.1 Å². The van der Waals surface area contributed by atoms with Crippen molar-refractivity contribution in [3.8, 4) is 0 Å². The molecular formula is C17H15Cl2N5. The standard InChI is InChI=1S/C17H15Cl2N5/c18-12-6-4-10(5-7-12)14-9-15(11-2-1-3-13(19)8-11)24-17(21-14)22-16(20)23-24/h1-8,14-15H,9H2,(H3,20,21,22,23)/t14-,15+/m1/s1. The van der Waals surface area contributed by atoms with Crippen LogP contribution in [-0.4, -0.2) is 14.8 Å². The Kier molecular flexibility index (Phi) is 3.82. The van der Waals surface area contributed by atoms with Gasteiger partial charge in [0.2, 0.25) is 11.9 Å². The molecule has 1 aliphatic rings. The number of nitrogens with one attached hydrogen (secondary N) is 1. The maximum Gasteiger partial charge on any atom is 0.241 e. The smallest absolute Gasteiger partial charge is 0.241 e. The molecule has 3 aromatic rings. The third kappa shape index (κ3) is 2.81. The monoisotopic (exact) mass is 359 g/mol. The minimum absolute atomic E-state index is 0.00503. The molecule has 4 rings (SSSR count). The van der Waals surface area contributed by atoms with Crippen LogP contribution in [0.4, 0.5) is 11.9 Å². The number of benzene rings is 2. The van der Waals surface area contributed by atoms with Gasteiger partial charge in [0.15, 0.2) is 0 Å². The number of rotatable bonds is 2. The Labute approximate surface area is 149 Å². The quantitative estimate of drug-likeness (QED) is 0.714. The molecule has 0 aliphatic carbocycles. The van der Waals surface area contributed by atoms with E-state index >= 15 is 0 Å². The van der Waals surface area contributed by atoms with Gasteiger partial charge in [0.05, 0.1) is 12.1 Å². The van der Waals surface area contributed by atoms with E-state index in [1.54, 1.807) is 0 Å². The molecule has 1 aromatic heterocycles. The van der Waals surface area contributed by atoms with E-state index in [1.807, 2.05) is 53.2 Å². The normalized spacial score (nSPS) is 19.6. The lowest BCUT2D eigenvalue weighted by molar-refractivity contribution is 0.431. The number of hydrogen-bond donors (Lipinski definition) is 2. The van der Waals surface area contributed by atoms with Gasteiger partial charge in [-0.3, -0.25) is 0 Å². The van der Waals surface area contributed by atoms with Crippen LogP contribution in [-0.2, 0) is 0 Å². The average Bonchev–Trinajstić information content (AvgIpc) is 2.94. The summed E-state index contributed by atoms with van der Waals surface area (Å²) >= 11 is 12.2. The van der Waals surface area contributed by atoms with Crippen LogP contribution >= 0.6 is 23.2 Å². The Morgan fingerprint density at radius 2 is 1.83 bits per heavy atom. The van der Waals surface area contributed by atoms with Crippen LogP contribution in [0.2, 0.25) is 10.0 Å². The van der Waals surface area contributed by atoms with Gasteiger partial charge in [-0.25, -0.2) is 4.68 Å². The highest BCUT2D eigenvalue weighted by molar-refractivity contribution is 6.30. The van der Waals surface area contributed by atoms with Gasteiger partial charge >= 0.3 is 0 Å². The fraction of sp³-hybridized carbons (Fsp3) is 0.176. The zero-order valence-electron chi connectivity index (χ0n) is 12.7. The highest BCUT2D eigenvalue weighted by atomic mass is 35.5. The van der Waals surface area contributed by atoms with Crippen LogP contribution in [0.1, 0.15) is 29.6 Å². The summed E-state index contributed by atoms with van der Waals surface area (Å²) in [5, 5.41) is 9.15. The molecule has 0 bridgehead atoms. The second kappa shape index (κ2) is 6.00. The summed E-state index contributed by atoms with van der Waals surface area (Å²) in [5.74, 6) is 0.907. The fourth-order valence-corrected chi connectivity index (χ4v) is 3.42. The van der Waals surface area contributed by atoms with E-state index in [1.165, 1.54) is 0 Å². The van der Waals surface area contributed by atoms with E-state index in [2.05, 4.69) is 15.4 Å². The molecular weight excluding hydrogens is 345 g/mol. The van der Waals surface area contributed by atoms with Crippen molar-refractivity contribution < 1.29 is 0 Å². The molecule has 0 spiro atoms. The molecule has 122 valence electrons. The van der Waals surface area contributed by atoms with Crippen molar-refractivity contribution in [2.75, 3.05) is 11.1 Å². The van der Waals surface area contributed by atoms with Crippen LogP contribution in [0, 0.1) is 0 Å². The third-order valence-corrected chi connectivity index (χ3v) is 4.70. The molecule has 0 saturated carbocycles. The predicted molar refractivity (Wildman–Crippen MR) is 96.5 cm³/mol. The zero-order valence-corrected chi connectivity index (χ0v) is 14.2. The van der Waals surface area contributed by atoms with Crippen molar-refractivity contribution in [3.63, 3.8) is 0 Å². The number of anilines is 2. The number of halogens is 2. The molecule has 2 aromatic carbocycles. The Bertz CT molecular complexity index is 875. The van der Waals surface area contributed by atoms with Crippen LogP contribution in [0.5, 0.6) is 0 Å². The number of aromatic nitrogens is 3. The van der Waals surface area contributed by atoms with Crippen molar-refractivity contribution in [1.82, 2.24) is 14.8 Å². The van der Waals surface area contributed by atoms with Gasteiger partial charge in [-0.2, -0.15) is 4.98 Å². The minimum Gasteiger partial charge on any atom is -0.366 e. The Morgan fingerprint density at radius 3 is 2.58 bits per heavy atom. The van der Waals surface area contributed by atoms with Crippen LogP contribution in [0.25, 0.3) is 0 Å². The van der Waals surface area contributed by atoms with Gasteiger partial charge in [0.1, 0.15) is 0 Å². The summed E-state index contributed by atoms with van der Waals surface area (Å²) in [6, 6.07) is 15.7. The molecule has 0 saturated heterocycles. The highest BCUT2D eigenvalue weighted by Gasteiger charge is 2.30. The van der Waals surface area contributed by atoms with Crippen LogP contribution in [0.3, 0.4) is 0 Å². The molecule has 1 aliphatic heterocycles. The molecule has 0 radical (unpaired) electrons. The van der Waals surface area contributed by atoms with Gasteiger partial charge in [-0.1, -0.05) is 47.5 Å². The van der Waals surface area contributed by atoms with E-state index in [0.29, 0.717) is 16.0 Å². The predicted octanol–water partition coefficient (Wildman–Crippen LogP) is 4.31. The number of nitrogens with two attached hydrogens (primary N) is 1. The van der Waals surface area contributed by atoms with Crippen LogP contribution in [0.15, 0.2) is 48.5 Å². The second-order valence-corrected chi connectivity index (χ2v) is 6.67. The molecule has 0 unspecified atom stereocenters. The van der Waals surface area contributed by atoms with E-state index in [0.717, 1.165) is 17.5 Å². The number of fused-ring (bicyclic) bond motifs is 1. The summed E-state index contributed by atoms with van der Waals surface area (Å²) in [7, 11) is 0. The maximum absolute atomic E-state index is 6.17. The van der Waals surface area contributed by atoms with Crippen molar-refractivity contribution in [1.29, 1.82) is 0 Å². The lowest BCUT2D eigenvalue weighted by Gasteiger charge is -2.31. The Morgan fingerprint density at radius 1 is 1.04 bits per heavy atom. The summed E-state index contributed by atoms with van der Waals surface area (Å²) in [6.07, 6.45) is 0.803. The van der Waals surface area contributed by atoms with Gasteiger partial charge in [-0.15, -0.1) is 5.10 Å². The first-order valence-electron chi connectivity index (χ1n) is 7.59. The Hall–Kier alpha value is -2.24. The van der Waals surface area contributed by atoms with E-state index in [-0.39, 0.29) is 18.0 Å². The summed E-state index contributed by atoms with van der Waals surface area (Å²) in [4.78, 5) is 4.30. The molecule has 0 fully saturated rings. The largest absolute Gasteiger partial charge is 0.366 e. The Balaban J connectivity index is 1.76. The van der Waals surface area contributed by atoms with E-state index in [9.17, 15) is 0 Å². The molecule has 3 N–H and O–H groups in total. The van der Waals surface area contributed by atoms with Crippen molar-refractivity contribution in [2.45, 2.75) is 18.5 Å². The number of nitrogens with zero attached hydrogens (tertiary/aromatic N) is 3. The number of hydrogen-bond acceptors (Lipinski definition) is 4. The first kappa shape index (κ1) is 15.3. The van der Waals surface area contributed by atoms with E-state index < -0.39 is 0 Å². The first-order valence-corrected chi connectivity index (χ1v) is 8.35. The minimum atomic E-state index is 0.00503. The van der Waals surface area contributed by atoms with Crippen molar-refractivity contribution in [2.24, 2.45) is 0 Å². The van der Waals surface area contributed by atoms with Crippen LogP contribution < -0.4 is 11.1 Å². The molecule has 5 nitrogen and oxygen atoms in total. The lowest BCUT2D eigenvalue weighted by atomic mass is 9.93. The molecule has 0 amide bonds. The first-order chi connectivity index (χ1) is 11.6. The molecule has 2 heterocycles. The molecule has 24 heavy (non-hydrogen) atoms. The van der Waals surface area contributed by atoms with E-state index in [4.69, 9.17) is 28.9 Å². The van der Waals surface area contributed by atoms with Gasteiger partial charge in [0, 0.05) is 10.0 Å². The van der Waals surface area contributed by atoms with Gasteiger partial charge < -0.3 is 11.1 Å². The fourth-order valence-electron chi connectivity index (χ4n) is 3.10. The molecule has 7 heteroatoms. The summed E-state index contributed by atoms with van der Waals surface area (Å²) < 4.78 is 1.83. The van der Waals surface area contributed by atoms with Crippen molar-refractivity contribution in [3.05, 3.63) is 69.7 Å².